The molecule has 1 aromatic carbocycles. The van der Waals surface area contributed by atoms with Gasteiger partial charge in [-0.2, -0.15) is 0 Å². The molecule has 3 nitrogen and oxygen atoms in total. The van der Waals surface area contributed by atoms with Gasteiger partial charge in [-0.25, -0.2) is 4.98 Å². The average Bonchev–Trinajstić information content (AvgIpc) is 2.73. The number of H-pyrrole nitrogens is 1. The summed E-state index contributed by atoms with van der Waals surface area (Å²) in [4.78, 5) is 7.94. The van der Waals surface area contributed by atoms with E-state index in [4.69, 9.17) is 5.73 Å². The van der Waals surface area contributed by atoms with Crippen molar-refractivity contribution in [3.63, 3.8) is 0 Å². The maximum atomic E-state index is 6.20. The van der Waals surface area contributed by atoms with Crippen molar-refractivity contribution in [3.05, 3.63) is 41.9 Å². The summed E-state index contributed by atoms with van der Waals surface area (Å²) in [6.45, 7) is 6.10. The summed E-state index contributed by atoms with van der Waals surface area (Å²) in [6, 6.07) is 10.2. The predicted octanol–water partition coefficient (Wildman–Crippen LogP) is 2.97. The highest BCUT2D eigenvalue weighted by molar-refractivity contribution is 5.61. The molecular weight excluding hydrogens is 210 g/mol. The lowest BCUT2D eigenvalue weighted by atomic mass is 10.00. The number of aryl methyl sites for hydroxylation is 1. The van der Waals surface area contributed by atoms with E-state index >= 15 is 0 Å². The Kier molecular flexibility index (Phi) is 3.03. The van der Waals surface area contributed by atoms with Crippen LogP contribution in [0.2, 0.25) is 0 Å². The van der Waals surface area contributed by atoms with E-state index in [1.165, 1.54) is 0 Å². The first-order valence-electron chi connectivity index (χ1n) is 5.96. The quantitative estimate of drug-likeness (QED) is 0.850. The summed E-state index contributed by atoms with van der Waals surface area (Å²) in [6.07, 6.45) is 0.855. The number of aromatic amines is 1. The van der Waals surface area contributed by atoms with Crippen molar-refractivity contribution in [1.82, 2.24) is 9.97 Å². The van der Waals surface area contributed by atoms with E-state index < -0.39 is 5.54 Å². The monoisotopic (exact) mass is 229 g/mol. The van der Waals surface area contributed by atoms with Gasteiger partial charge in [0.1, 0.15) is 5.82 Å². The van der Waals surface area contributed by atoms with Crippen LogP contribution in [0.4, 0.5) is 0 Å². The molecule has 3 N–H and O–H groups in total. The molecule has 90 valence electrons. The van der Waals surface area contributed by atoms with Gasteiger partial charge in [0.25, 0.3) is 0 Å². The van der Waals surface area contributed by atoms with E-state index in [2.05, 4.69) is 29.0 Å². The van der Waals surface area contributed by atoms with Crippen LogP contribution in [0.15, 0.2) is 30.3 Å². The average molecular weight is 229 g/mol. The summed E-state index contributed by atoms with van der Waals surface area (Å²) in [5.41, 5.74) is 8.99. The Labute approximate surface area is 102 Å². The molecule has 0 amide bonds. The third-order valence-corrected chi connectivity index (χ3v) is 3.21. The van der Waals surface area contributed by atoms with Crippen molar-refractivity contribution in [2.24, 2.45) is 5.73 Å². The Morgan fingerprint density at radius 1 is 1.29 bits per heavy atom. The molecular formula is C14H19N3. The molecule has 0 bridgehead atoms. The van der Waals surface area contributed by atoms with Crippen molar-refractivity contribution < 1.29 is 0 Å². The zero-order chi connectivity index (χ0) is 12.5. The van der Waals surface area contributed by atoms with Crippen molar-refractivity contribution in [3.8, 4) is 11.3 Å². The second kappa shape index (κ2) is 4.34. The molecule has 0 fully saturated rings. The van der Waals surface area contributed by atoms with Crippen molar-refractivity contribution in [1.29, 1.82) is 0 Å². The number of aromatic nitrogens is 2. The Balaban J connectivity index is 2.45. The van der Waals surface area contributed by atoms with Crippen LogP contribution in [-0.2, 0) is 5.54 Å². The van der Waals surface area contributed by atoms with Gasteiger partial charge in [0, 0.05) is 11.3 Å². The molecule has 17 heavy (non-hydrogen) atoms. The maximum Gasteiger partial charge on any atom is 0.126 e. The molecule has 0 radical (unpaired) electrons. The van der Waals surface area contributed by atoms with E-state index in [1.54, 1.807) is 0 Å². The molecule has 0 aliphatic carbocycles. The fourth-order valence-electron chi connectivity index (χ4n) is 1.78. The van der Waals surface area contributed by atoms with Crippen LogP contribution >= 0.6 is 0 Å². The minimum absolute atomic E-state index is 0.391. The van der Waals surface area contributed by atoms with Crippen LogP contribution in [0.25, 0.3) is 11.3 Å². The van der Waals surface area contributed by atoms with Crippen molar-refractivity contribution in [2.75, 3.05) is 0 Å². The summed E-state index contributed by atoms with van der Waals surface area (Å²) < 4.78 is 0. The van der Waals surface area contributed by atoms with Crippen LogP contribution in [0.5, 0.6) is 0 Å². The number of hydrogen-bond acceptors (Lipinski definition) is 2. The SMILES string of the molecule is CCC(C)(N)c1nc(-c2ccccc2)c(C)[nH]1. The van der Waals surface area contributed by atoms with Crippen molar-refractivity contribution in [2.45, 2.75) is 32.7 Å². The highest BCUT2D eigenvalue weighted by atomic mass is 15.0. The molecule has 0 aliphatic rings. The van der Waals surface area contributed by atoms with Gasteiger partial charge < -0.3 is 10.7 Å². The molecule has 0 saturated heterocycles. The molecule has 2 aromatic rings. The summed E-state index contributed by atoms with van der Waals surface area (Å²) >= 11 is 0. The second-order valence-corrected chi connectivity index (χ2v) is 4.70. The van der Waals surface area contributed by atoms with Gasteiger partial charge in [0.2, 0.25) is 0 Å². The molecule has 1 heterocycles. The Hall–Kier alpha value is -1.61. The Morgan fingerprint density at radius 2 is 1.94 bits per heavy atom. The Morgan fingerprint density at radius 3 is 2.53 bits per heavy atom. The van der Waals surface area contributed by atoms with Gasteiger partial charge in [0.05, 0.1) is 11.2 Å². The molecule has 2 rings (SSSR count). The first kappa shape index (κ1) is 11.9. The molecule has 1 unspecified atom stereocenters. The molecule has 0 aliphatic heterocycles. The topological polar surface area (TPSA) is 54.7 Å². The number of hydrogen-bond donors (Lipinski definition) is 2. The molecule has 0 saturated carbocycles. The maximum absolute atomic E-state index is 6.20. The fourth-order valence-corrected chi connectivity index (χ4v) is 1.78. The smallest absolute Gasteiger partial charge is 0.126 e. The van der Waals surface area contributed by atoms with Gasteiger partial charge in [0.15, 0.2) is 0 Å². The van der Waals surface area contributed by atoms with Crippen LogP contribution in [-0.4, -0.2) is 9.97 Å². The lowest BCUT2D eigenvalue weighted by Crippen LogP contribution is -2.33. The molecule has 1 aromatic heterocycles. The van der Waals surface area contributed by atoms with E-state index in [-0.39, 0.29) is 0 Å². The number of nitrogens with zero attached hydrogens (tertiary/aromatic N) is 1. The third-order valence-electron chi connectivity index (χ3n) is 3.21. The van der Waals surface area contributed by atoms with Gasteiger partial charge in [-0.3, -0.25) is 0 Å². The van der Waals surface area contributed by atoms with Gasteiger partial charge >= 0.3 is 0 Å². The fraction of sp³-hybridized carbons (Fsp3) is 0.357. The zero-order valence-corrected chi connectivity index (χ0v) is 10.6. The third kappa shape index (κ3) is 2.24. The van der Waals surface area contributed by atoms with Gasteiger partial charge in [-0.05, 0) is 20.3 Å². The van der Waals surface area contributed by atoms with Gasteiger partial charge in [-0.1, -0.05) is 37.3 Å². The standard InChI is InChI=1S/C14H19N3/c1-4-14(3,15)13-16-10(2)12(17-13)11-8-6-5-7-9-11/h5-9H,4,15H2,1-3H3,(H,16,17). The van der Waals surface area contributed by atoms with Crippen LogP contribution in [0.1, 0.15) is 31.8 Å². The first-order chi connectivity index (χ1) is 8.04. The van der Waals surface area contributed by atoms with E-state index in [0.29, 0.717) is 0 Å². The number of imidazole rings is 1. The minimum atomic E-state index is -0.391. The largest absolute Gasteiger partial charge is 0.344 e. The van der Waals surface area contributed by atoms with Crippen LogP contribution in [0, 0.1) is 6.92 Å². The molecule has 3 heteroatoms. The first-order valence-corrected chi connectivity index (χ1v) is 5.96. The Bertz CT molecular complexity index is 497. The number of nitrogens with one attached hydrogen (secondary N) is 1. The lowest BCUT2D eigenvalue weighted by Gasteiger charge is -2.19. The molecule has 1 atom stereocenters. The highest BCUT2D eigenvalue weighted by Crippen LogP contribution is 2.25. The summed E-state index contributed by atoms with van der Waals surface area (Å²) in [5, 5.41) is 0. The molecule has 0 spiro atoms. The second-order valence-electron chi connectivity index (χ2n) is 4.70. The number of benzene rings is 1. The van der Waals surface area contributed by atoms with Crippen LogP contribution < -0.4 is 5.73 Å². The number of rotatable bonds is 3. The highest BCUT2D eigenvalue weighted by Gasteiger charge is 2.23. The van der Waals surface area contributed by atoms with E-state index in [0.717, 1.165) is 29.2 Å². The van der Waals surface area contributed by atoms with Gasteiger partial charge in [-0.15, -0.1) is 0 Å². The zero-order valence-electron chi connectivity index (χ0n) is 10.6. The minimum Gasteiger partial charge on any atom is -0.344 e. The normalized spacial score (nSPS) is 14.6. The summed E-state index contributed by atoms with van der Waals surface area (Å²) in [7, 11) is 0. The summed E-state index contributed by atoms with van der Waals surface area (Å²) in [5.74, 6) is 0.858. The number of nitrogens with two attached hydrogens (primary N) is 1. The van der Waals surface area contributed by atoms with Crippen molar-refractivity contribution >= 4 is 0 Å². The lowest BCUT2D eigenvalue weighted by molar-refractivity contribution is 0.449. The van der Waals surface area contributed by atoms with E-state index in [9.17, 15) is 0 Å². The predicted molar refractivity (Wildman–Crippen MR) is 70.6 cm³/mol. The van der Waals surface area contributed by atoms with Crippen LogP contribution in [0.3, 0.4) is 0 Å². The van der Waals surface area contributed by atoms with E-state index in [1.807, 2.05) is 32.0 Å².